The summed E-state index contributed by atoms with van der Waals surface area (Å²) in [5, 5.41) is 6.88. The van der Waals surface area contributed by atoms with Crippen LogP contribution in [0.25, 0.3) is 11.5 Å². The first-order valence-electron chi connectivity index (χ1n) is 9.01. The molecule has 2 amide bonds. The lowest BCUT2D eigenvalue weighted by Crippen LogP contribution is -2.51. The molecule has 1 saturated heterocycles. The molecule has 1 aliphatic heterocycles. The second kappa shape index (κ2) is 7.67. The molecule has 4 rings (SSSR count). The lowest BCUT2D eigenvalue weighted by molar-refractivity contribution is -0.131. The average molecular weight is 382 g/mol. The predicted molar refractivity (Wildman–Crippen MR) is 98.9 cm³/mol. The molecule has 7 nitrogen and oxygen atoms in total. The Hall–Kier alpha value is -3.42. The van der Waals surface area contributed by atoms with Gasteiger partial charge in [0.25, 0.3) is 5.91 Å². The number of hydrogen-bond donors (Lipinski definition) is 1. The molecule has 0 aliphatic carbocycles. The van der Waals surface area contributed by atoms with Crippen molar-refractivity contribution in [1.82, 2.24) is 20.0 Å². The van der Waals surface area contributed by atoms with Gasteiger partial charge in [-0.25, -0.2) is 4.39 Å². The van der Waals surface area contributed by atoms with Gasteiger partial charge in [-0.3, -0.25) is 14.7 Å². The van der Waals surface area contributed by atoms with Crippen LogP contribution in [0.2, 0.25) is 0 Å². The molecule has 0 atom stereocenters. The van der Waals surface area contributed by atoms with Crippen LogP contribution in [0.5, 0.6) is 0 Å². The number of aromatic nitrogens is 2. The molecule has 1 aromatic carbocycles. The van der Waals surface area contributed by atoms with Crippen LogP contribution >= 0.6 is 0 Å². The summed E-state index contributed by atoms with van der Waals surface area (Å²) >= 11 is 0. The van der Waals surface area contributed by atoms with Crippen LogP contribution in [-0.4, -0.2) is 58.0 Å². The number of nitrogens with zero attached hydrogens (tertiary/aromatic N) is 3. The van der Waals surface area contributed by atoms with Crippen LogP contribution in [0.15, 0.2) is 53.1 Å². The first-order chi connectivity index (χ1) is 13.6. The summed E-state index contributed by atoms with van der Waals surface area (Å²) in [6.45, 7) is 1.80. The van der Waals surface area contributed by atoms with Gasteiger partial charge in [0.15, 0.2) is 11.5 Å². The monoisotopic (exact) mass is 382 g/mol. The van der Waals surface area contributed by atoms with E-state index in [1.54, 1.807) is 46.4 Å². The predicted octanol–water partition coefficient (Wildman–Crippen LogP) is 2.34. The highest BCUT2D eigenvalue weighted by molar-refractivity contribution is 5.93. The van der Waals surface area contributed by atoms with Gasteiger partial charge in [-0.05, 0) is 29.8 Å². The third kappa shape index (κ3) is 3.80. The maximum Gasteiger partial charge on any atom is 0.274 e. The van der Waals surface area contributed by atoms with E-state index in [0.29, 0.717) is 43.3 Å². The number of H-pyrrole nitrogens is 1. The van der Waals surface area contributed by atoms with Crippen molar-refractivity contribution >= 4 is 11.8 Å². The molecule has 8 heteroatoms. The van der Waals surface area contributed by atoms with E-state index in [1.807, 2.05) is 0 Å². The zero-order valence-corrected chi connectivity index (χ0v) is 15.1. The van der Waals surface area contributed by atoms with Crippen LogP contribution in [-0.2, 0) is 11.2 Å². The van der Waals surface area contributed by atoms with Crippen molar-refractivity contribution in [2.24, 2.45) is 0 Å². The van der Waals surface area contributed by atoms with Crippen molar-refractivity contribution in [3.05, 3.63) is 65.8 Å². The number of carbonyl (C=O) groups is 2. The number of rotatable bonds is 4. The second-order valence-electron chi connectivity index (χ2n) is 6.62. The van der Waals surface area contributed by atoms with E-state index >= 15 is 0 Å². The molecular formula is C20H19FN4O3. The van der Waals surface area contributed by atoms with Crippen molar-refractivity contribution in [1.29, 1.82) is 0 Å². The smallest absolute Gasteiger partial charge is 0.274 e. The molecule has 0 unspecified atom stereocenters. The molecule has 1 fully saturated rings. The molecule has 0 radical (unpaired) electrons. The van der Waals surface area contributed by atoms with Crippen LogP contribution in [0.1, 0.15) is 16.1 Å². The van der Waals surface area contributed by atoms with Gasteiger partial charge in [0, 0.05) is 32.2 Å². The highest BCUT2D eigenvalue weighted by Gasteiger charge is 2.26. The SMILES string of the molecule is O=C(Cc1ccc(F)cc1)N1CCN(C(=O)c2cc(-c3ccco3)[nH]n2)CC1. The van der Waals surface area contributed by atoms with Gasteiger partial charge in [0.2, 0.25) is 5.91 Å². The third-order valence-electron chi connectivity index (χ3n) is 4.77. The molecular weight excluding hydrogens is 363 g/mol. The van der Waals surface area contributed by atoms with Crippen LogP contribution < -0.4 is 0 Å². The number of furan rings is 1. The molecule has 0 bridgehead atoms. The molecule has 3 aromatic rings. The van der Waals surface area contributed by atoms with Crippen LogP contribution in [0, 0.1) is 5.82 Å². The Morgan fingerprint density at radius 2 is 1.79 bits per heavy atom. The summed E-state index contributed by atoms with van der Waals surface area (Å²) < 4.78 is 18.3. The number of amides is 2. The first-order valence-corrected chi connectivity index (χ1v) is 9.01. The van der Waals surface area contributed by atoms with E-state index < -0.39 is 0 Å². The Labute approximate surface area is 160 Å². The maximum atomic E-state index is 13.0. The van der Waals surface area contributed by atoms with Gasteiger partial charge < -0.3 is 14.2 Å². The average Bonchev–Trinajstić information content (AvgIpc) is 3.41. The summed E-state index contributed by atoms with van der Waals surface area (Å²) in [7, 11) is 0. The summed E-state index contributed by atoms with van der Waals surface area (Å²) in [6.07, 6.45) is 1.78. The molecule has 1 aliphatic rings. The summed E-state index contributed by atoms with van der Waals surface area (Å²) in [5.41, 5.74) is 1.73. The number of benzene rings is 1. The Morgan fingerprint density at radius 3 is 2.46 bits per heavy atom. The Balaban J connectivity index is 1.33. The van der Waals surface area contributed by atoms with E-state index in [0.717, 1.165) is 5.56 Å². The topological polar surface area (TPSA) is 82.4 Å². The fraction of sp³-hybridized carbons (Fsp3) is 0.250. The van der Waals surface area contributed by atoms with Crippen molar-refractivity contribution in [3.8, 4) is 11.5 Å². The molecule has 3 heterocycles. The number of piperazine rings is 1. The summed E-state index contributed by atoms with van der Waals surface area (Å²) in [5.74, 6) is 0.0814. The normalized spacial score (nSPS) is 14.3. The first kappa shape index (κ1) is 18.0. The maximum absolute atomic E-state index is 13.0. The Bertz CT molecular complexity index is 958. The Morgan fingerprint density at radius 1 is 1.07 bits per heavy atom. The molecule has 1 N–H and O–H groups in total. The van der Waals surface area contributed by atoms with Gasteiger partial charge in [-0.2, -0.15) is 5.10 Å². The lowest BCUT2D eigenvalue weighted by atomic mass is 10.1. The fourth-order valence-corrected chi connectivity index (χ4v) is 3.20. The molecule has 28 heavy (non-hydrogen) atoms. The van der Waals surface area contributed by atoms with Gasteiger partial charge in [-0.1, -0.05) is 12.1 Å². The van der Waals surface area contributed by atoms with Crippen LogP contribution in [0.4, 0.5) is 4.39 Å². The van der Waals surface area contributed by atoms with Crippen LogP contribution in [0.3, 0.4) is 0 Å². The fourth-order valence-electron chi connectivity index (χ4n) is 3.20. The van der Waals surface area contributed by atoms with E-state index in [9.17, 15) is 14.0 Å². The molecule has 144 valence electrons. The quantitative estimate of drug-likeness (QED) is 0.751. The van der Waals surface area contributed by atoms with E-state index in [4.69, 9.17) is 4.42 Å². The van der Waals surface area contributed by atoms with E-state index in [2.05, 4.69) is 10.2 Å². The summed E-state index contributed by atoms with van der Waals surface area (Å²) in [6, 6.07) is 11.1. The van der Waals surface area contributed by atoms with E-state index in [1.165, 1.54) is 12.1 Å². The van der Waals surface area contributed by atoms with Gasteiger partial charge in [0.05, 0.1) is 12.7 Å². The number of aromatic amines is 1. The van der Waals surface area contributed by atoms with Gasteiger partial charge in [0.1, 0.15) is 11.5 Å². The Kier molecular flexibility index (Phi) is 4.92. The molecule has 2 aromatic heterocycles. The molecule has 0 spiro atoms. The van der Waals surface area contributed by atoms with Crippen molar-refractivity contribution < 1.29 is 18.4 Å². The number of carbonyl (C=O) groups excluding carboxylic acids is 2. The second-order valence-corrected chi connectivity index (χ2v) is 6.62. The minimum Gasteiger partial charge on any atom is -0.463 e. The summed E-state index contributed by atoms with van der Waals surface area (Å²) in [4.78, 5) is 28.5. The number of halogens is 1. The van der Waals surface area contributed by atoms with Crippen molar-refractivity contribution in [2.75, 3.05) is 26.2 Å². The van der Waals surface area contributed by atoms with Gasteiger partial charge >= 0.3 is 0 Å². The largest absolute Gasteiger partial charge is 0.463 e. The minimum absolute atomic E-state index is 0.0291. The number of hydrogen-bond acceptors (Lipinski definition) is 4. The highest BCUT2D eigenvalue weighted by atomic mass is 19.1. The highest BCUT2D eigenvalue weighted by Crippen LogP contribution is 2.19. The zero-order chi connectivity index (χ0) is 19.5. The lowest BCUT2D eigenvalue weighted by Gasteiger charge is -2.34. The van der Waals surface area contributed by atoms with Gasteiger partial charge in [-0.15, -0.1) is 0 Å². The zero-order valence-electron chi connectivity index (χ0n) is 15.1. The van der Waals surface area contributed by atoms with Crippen molar-refractivity contribution in [3.63, 3.8) is 0 Å². The molecule has 0 saturated carbocycles. The van der Waals surface area contributed by atoms with Crippen molar-refractivity contribution in [2.45, 2.75) is 6.42 Å². The number of nitrogens with one attached hydrogen (secondary N) is 1. The minimum atomic E-state index is -0.322. The third-order valence-corrected chi connectivity index (χ3v) is 4.77. The van der Waals surface area contributed by atoms with E-state index in [-0.39, 0.29) is 24.1 Å². The standard InChI is InChI=1S/C20H19FN4O3/c21-15-5-3-14(4-6-15)12-19(26)24-7-9-25(10-8-24)20(27)17-13-16(22-23-17)18-2-1-11-28-18/h1-6,11,13H,7-10,12H2,(H,22,23).